The molecule has 0 saturated heterocycles. The fourth-order valence-corrected chi connectivity index (χ4v) is 1.75. The predicted octanol–water partition coefficient (Wildman–Crippen LogP) is 4.49. The van der Waals surface area contributed by atoms with Crippen LogP contribution >= 0.6 is 11.6 Å². The van der Waals surface area contributed by atoms with Gasteiger partial charge in [-0.3, -0.25) is 4.79 Å². The summed E-state index contributed by atoms with van der Waals surface area (Å²) in [7, 11) is 1.44. The normalized spacial score (nSPS) is 15.1. The quantitative estimate of drug-likeness (QED) is 0.370. The Hall–Kier alpha value is -0.760. The lowest BCUT2D eigenvalue weighted by atomic mass is 9.99. The smallest absolute Gasteiger partial charge is 0.308 e. The average Bonchev–Trinajstić information content (AvgIpc) is 2.35. The van der Waals surface area contributed by atoms with E-state index in [1.54, 1.807) is 0 Å². The first-order valence-corrected chi connectivity index (χ1v) is 6.88. The van der Waals surface area contributed by atoms with Crippen molar-refractivity contribution in [3.8, 4) is 0 Å². The fraction of sp³-hybridized carbons (Fsp3) is 0.667. The number of esters is 1. The van der Waals surface area contributed by atoms with Crippen LogP contribution in [0.2, 0.25) is 0 Å². The minimum absolute atomic E-state index is 0.0297. The standard InChI is InChI=1S/C15H25ClO2/c1-6-13(15(17)18-5)9-7-12(4)8-10-14(16)11(2)3/h7,13-14H,2,6,8-10H2,1,3-5H3. The highest BCUT2D eigenvalue weighted by molar-refractivity contribution is 6.22. The van der Waals surface area contributed by atoms with Crippen LogP contribution in [0, 0.1) is 5.92 Å². The maximum atomic E-state index is 11.4. The molecule has 0 bridgehead atoms. The van der Waals surface area contributed by atoms with Crippen LogP contribution in [-0.4, -0.2) is 18.5 Å². The van der Waals surface area contributed by atoms with Crippen LogP contribution in [0.3, 0.4) is 0 Å². The predicted molar refractivity (Wildman–Crippen MR) is 77.9 cm³/mol. The van der Waals surface area contributed by atoms with Gasteiger partial charge in [0.15, 0.2) is 0 Å². The molecule has 0 fully saturated rings. The van der Waals surface area contributed by atoms with Crippen LogP contribution in [0.4, 0.5) is 0 Å². The van der Waals surface area contributed by atoms with Gasteiger partial charge in [-0.25, -0.2) is 0 Å². The van der Waals surface area contributed by atoms with Gasteiger partial charge >= 0.3 is 5.97 Å². The summed E-state index contributed by atoms with van der Waals surface area (Å²) in [4.78, 5) is 11.4. The molecule has 0 heterocycles. The molecule has 2 atom stereocenters. The van der Waals surface area contributed by atoms with Gasteiger partial charge in [0.1, 0.15) is 0 Å². The Balaban J connectivity index is 4.17. The highest BCUT2D eigenvalue weighted by Gasteiger charge is 2.15. The Morgan fingerprint density at radius 2 is 2.06 bits per heavy atom. The second-order valence-electron chi connectivity index (χ2n) is 4.77. The Morgan fingerprint density at radius 1 is 1.44 bits per heavy atom. The molecule has 0 aliphatic heterocycles. The topological polar surface area (TPSA) is 26.3 Å². The van der Waals surface area contributed by atoms with E-state index < -0.39 is 0 Å². The zero-order chi connectivity index (χ0) is 14.1. The van der Waals surface area contributed by atoms with Crippen molar-refractivity contribution < 1.29 is 9.53 Å². The summed E-state index contributed by atoms with van der Waals surface area (Å²) in [6.07, 6.45) is 5.51. The number of rotatable bonds is 8. The summed E-state index contributed by atoms with van der Waals surface area (Å²) in [6, 6.07) is 0. The number of ether oxygens (including phenoxy) is 1. The maximum Gasteiger partial charge on any atom is 0.308 e. The van der Waals surface area contributed by atoms with Gasteiger partial charge < -0.3 is 4.74 Å². The number of alkyl halides is 1. The summed E-state index contributed by atoms with van der Waals surface area (Å²) in [5.41, 5.74) is 2.27. The van der Waals surface area contributed by atoms with E-state index in [1.807, 2.05) is 13.8 Å². The molecule has 0 rings (SSSR count). The van der Waals surface area contributed by atoms with E-state index in [0.29, 0.717) is 0 Å². The number of methoxy groups -OCH3 is 1. The van der Waals surface area contributed by atoms with E-state index in [2.05, 4.69) is 19.6 Å². The number of carbonyl (C=O) groups excluding carboxylic acids is 1. The van der Waals surface area contributed by atoms with Crippen LogP contribution < -0.4 is 0 Å². The molecule has 0 saturated carbocycles. The van der Waals surface area contributed by atoms with Crippen molar-refractivity contribution in [1.82, 2.24) is 0 Å². The van der Waals surface area contributed by atoms with Crippen molar-refractivity contribution in [2.75, 3.05) is 7.11 Å². The van der Waals surface area contributed by atoms with E-state index in [1.165, 1.54) is 12.7 Å². The van der Waals surface area contributed by atoms with Crippen LogP contribution in [0.25, 0.3) is 0 Å². The average molecular weight is 273 g/mol. The van der Waals surface area contributed by atoms with Gasteiger partial charge in [0.05, 0.1) is 18.4 Å². The van der Waals surface area contributed by atoms with E-state index in [-0.39, 0.29) is 17.3 Å². The molecule has 0 aromatic carbocycles. The first-order chi connectivity index (χ1) is 8.42. The Bertz CT molecular complexity index is 308. The van der Waals surface area contributed by atoms with E-state index in [4.69, 9.17) is 16.3 Å². The van der Waals surface area contributed by atoms with Gasteiger partial charge in [-0.2, -0.15) is 0 Å². The number of allylic oxidation sites excluding steroid dienone is 3. The minimum atomic E-state index is -0.126. The third-order valence-corrected chi connectivity index (χ3v) is 3.70. The molecule has 0 radical (unpaired) electrons. The number of hydrogen-bond acceptors (Lipinski definition) is 2. The van der Waals surface area contributed by atoms with Gasteiger partial charge in [0.25, 0.3) is 0 Å². The summed E-state index contributed by atoms with van der Waals surface area (Å²) < 4.78 is 4.76. The van der Waals surface area contributed by atoms with Crippen molar-refractivity contribution in [3.63, 3.8) is 0 Å². The van der Waals surface area contributed by atoms with E-state index >= 15 is 0 Å². The van der Waals surface area contributed by atoms with E-state index in [0.717, 1.165) is 31.3 Å². The second kappa shape index (κ2) is 9.21. The highest BCUT2D eigenvalue weighted by atomic mass is 35.5. The molecule has 0 aliphatic carbocycles. The third-order valence-electron chi connectivity index (χ3n) is 3.10. The molecule has 0 aromatic rings. The molecule has 2 unspecified atom stereocenters. The first-order valence-electron chi connectivity index (χ1n) is 6.45. The Labute approximate surface area is 116 Å². The molecular weight excluding hydrogens is 248 g/mol. The molecule has 0 aromatic heterocycles. The Morgan fingerprint density at radius 3 is 2.50 bits per heavy atom. The summed E-state index contributed by atoms with van der Waals surface area (Å²) >= 11 is 6.12. The molecule has 0 spiro atoms. The molecule has 18 heavy (non-hydrogen) atoms. The second-order valence-corrected chi connectivity index (χ2v) is 5.29. The van der Waals surface area contributed by atoms with Crippen LogP contribution in [0.5, 0.6) is 0 Å². The van der Waals surface area contributed by atoms with Crippen LogP contribution in [0.15, 0.2) is 23.8 Å². The van der Waals surface area contributed by atoms with Gasteiger partial charge in [0, 0.05) is 0 Å². The molecule has 0 aliphatic rings. The lowest BCUT2D eigenvalue weighted by Crippen LogP contribution is -2.14. The largest absolute Gasteiger partial charge is 0.469 e. The minimum Gasteiger partial charge on any atom is -0.469 e. The summed E-state index contributed by atoms with van der Waals surface area (Å²) in [6.45, 7) is 9.86. The van der Waals surface area contributed by atoms with Crippen molar-refractivity contribution >= 4 is 17.6 Å². The molecule has 0 amide bonds. The third kappa shape index (κ3) is 6.85. The SMILES string of the molecule is C=C(C)C(Cl)CCC(C)=CCC(CC)C(=O)OC. The monoisotopic (exact) mass is 272 g/mol. The molecular formula is C15H25ClO2. The van der Waals surface area contributed by atoms with Crippen LogP contribution in [0.1, 0.15) is 46.5 Å². The first kappa shape index (κ1) is 17.2. The number of hydrogen-bond donors (Lipinski definition) is 0. The number of carbonyl (C=O) groups is 1. The Kier molecular flexibility index (Phi) is 8.82. The lowest BCUT2D eigenvalue weighted by molar-refractivity contribution is -0.145. The van der Waals surface area contributed by atoms with Gasteiger partial charge in [-0.1, -0.05) is 30.7 Å². The molecule has 104 valence electrons. The highest BCUT2D eigenvalue weighted by Crippen LogP contribution is 2.19. The zero-order valence-corrected chi connectivity index (χ0v) is 12.7. The summed E-state index contributed by atoms with van der Waals surface area (Å²) in [5, 5.41) is 0.0379. The van der Waals surface area contributed by atoms with Gasteiger partial charge in [-0.15, -0.1) is 11.6 Å². The van der Waals surface area contributed by atoms with Crippen molar-refractivity contribution in [1.29, 1.82) is 0 Å². The molecule has 0 N–H and O–H groups in total. The maximum absolute atomic E-state index is 11.4. The van der Waals surface area contributed by atoms with Crippen molar-refractivity contribution in [2.24, 2.45) is 5.92 Å². The van der Waals surface area contributed by atoms with Gasteiger partial charge in [0.2, 0.25) is 0 Å². The molecule has 2 nitrogen and oxygen atoms in total. The van der Waals surface area contributed by atoms with Crippen molar-refractivity contribution in [3.05, 3.63) is 23.8 Å². The van der Waals surface area contributed by atoms with Crippen molar-refractivity contribution in [2.45, 2.75) is 51.8 Å². The lowest BCUT2D eigenvalue weighted by Gasteiger charge is -2.11. The van der Waals surface area contributed by atoms with Crippen LogP contribution in [-0.2, 0) is 9.53 Å². The number of halogens is 1. The van der Waals surface area contributed by atoms with E-state index in [9.17, 15) is 4.79 Å². The zero-order valence-electron chi connectivity index (χ0n) is 12.0. The molecule has 3 heteroatoms. The summed E-state index contributed by atoms with van der Waals surface area (Å²) in [5.74, 6) is -0.156. The van der Waals surface area contributed by atoms with Gasteiger partial charge in [-0.05, 0) is 39.5 Å². The fourth-order valence-electron chi connectivity index (χ4n) is 1.64.